The van der Waals surface area contributed by atoms with Crippen LogP contribution in [0.5, 0.6) is 0 Å². The minimum absolute atomic E-state index is 0.147. The van der Waals surface area contributed by atoms with Crippen LogP contribution in [0.1, 0.15) is 26.2 Å². The van der Waals surface area contributed by atoms with Crippen molar-refractivity contribution in [3.63, 3.8) is 0 Å². The number of carbonyl (C=O) groups is 1. The molecule has 82 valence electrons. The number of nitrogens with two attached hydrogens (primary N) is 1. The van der Waals surface area contributed by atoms with E-state index in [2.05, 4.69) is 12.2 Å². The maximum atomic E-state index is 11.5. The Labute approximate surface area is 90.2 Å². The quantitative estimate of drug-likeness (QED) is 0.696. The van der Waals surface area contributed by atoms with Crippen LogP contribution >= 0.6 is 11.8 Å². The number of hydrogen-bond donors (Lipinski definition) is 2. The third-order valence-electron chi connectivity index (χ3n) is 2.67. The highest BCUT2D eigenvalue weighted by atomic mass is 32.2. The van der Waals surface area contributed by atoms with E-state index in [1.54, 1.807) is 11.8 Å². The molecule has 2 atom stereocenters. The fraction of sp³-hybridized carbons (Fsp3) is 0.900. The summed E-state index contributed by atoms with van der Waals surface area (Å²) in [6, 6.07) is 0.219. The van der Waals surface area contributed by atoms with Crippen LogP contribution in [0.25, 0.3) is 0 Å². The Balaban J connectivity index is 2.23. The van der Waals surface area contributed by atoms with Crippen molar-refractivity contribution >= 4 is 17.7 Å². The second-order valence-corrected chi connectivity index (χ2v) is 5.27. The standard InChI is InChI=1S/C10H20N2OS/c1-7(14-2)5-10(13)12-9(6-11)8-3-4-8/h7-9H,3-6,11H2,1-2H3,(H,12,13). The van der Waals surface area contributed by atoms with Crippen molar-refractivity contribution < 1.29 is 4.79 Å². The molecule has 1 fully saturated rings. The molecular weight excluding hydrogens is 196 g/mol. The first kappa shape index (κ1) is 11.9. The number of carbonyl (C=O) groups excluding carboxylic acids is 1. The monoisotopic (exact) mass is 216 g/mol. The molecule has 3 nitrogen and oxygen atoms in total. The van der Waals surface area contributed by atoms with E-state index in [1.807, 2.05) is 6.26 Å². The Morgan fingerprint density at radius 3 is 2.71 bits per heavy atom. The van der Waals surface area contributed by atoms with Crippen LogP contribution in [0.3, 0.4) is 0 Å². The number of thioether (sulfide) groups is 1. The maximum Gasteiger partial charge on any atom is 0.221 e. The van der Waals surface area contributed by atoms with E-state index in [0.29, 0.717) is 24.1 Å². The Bertz CT molecular complexity index is 195. The van der Waals surface area contributed by atoms with Gasteiger partial charge >= 0.3 is 0 Å². The summed E-state index contributed by atoms with van der Waals surface area (Å²) in [5.41, 5.74) is 5.61. The molecule has 0 spiro atoms. The van der Waals surface area contributed by atoms with E-state index in [0.717, 1.165) is 0 Å². The van der Waals surface area contributed by atoms with E-state index < -0.39 is 0 Å². The molecule has 0 aliphatic heterocycles. The van der Waals surface area contributed by atoms with E-state index in [-0.39, 0.29) is 11.9 Å². The molecule has 0 radical (unpaired) electrons. The topological polar surface area (TPSA) is 55.1 Å². The van der Waals surface area contributed by atoms with Crippen LogP contribution < -0.4 is 11.1 Å². The van der Waals surface area contributed by atoms with Crippen molar-refractivity contribution in [2.45, 2.75) is 37.5 Å². The third kappa shape index (κ3) is 3.88. The van der Waals surface area contributed by atoms with Crippen LogP contribution in [-0.2, 0) is 4.79 Å². The number of amides is 1. The van der Waals surface area contributed by atoms with Gasteiger partial charge in [0.15, 0.2) is 0 Å². The SMILES string of the molecule is CSC(C)CC(=O)NC(CN)C1CC1. The zero-order chi connectivity index (χ0) is 10.6. The largest absolute Gasteiger partial charge is 0.352 e. The zero-order valence-corrected chi connectivity index (χ0v) is 9.77. The summed E-state index contributed by atoms with van der Waals surface area (Å²) in [6.07, 6.45) is 5.07. The van der Waals surface area contributed by atoms with Crippen molar-refractivity contribution in [1.82, 2.24) is 5.32 Å². The lowest BCUT2D eigenvalue weighted by atomic mass is 10.2. The summed E-state index contributed by atoms with van der Waals surface area (Å²) in [5.74, 6) is 0.794. The minimum Gasteiger partial charge on any atom is -0.352 e. The average Bonchev–Trinajstić information content (AvgIpc) is 2.97. The van der Waals surface area contributed by atoms with Gasteiger partial charge in [0, 0.05) is 24.3 Å². The van der Waals surface area contributed by atoms with Gasteiger partial charge in [-0.2, -0.15) is 11.8 Å². The first-order valence-corrected chi connectivity index (χ1v) is 6.48. The highest BCUT2D eigenvalue weighted by molar-refractivity contribution is 7.99. The molecule has 1 saturated carbocycles. The summed E-state index contributed by atoms with van der Waals surface area (Å²) < 4.78 is 0. The Hall–Kier alpha value is -0.220. The second kappa shape index (κ2) is 5.61. The fourth-order valence-electron chi connectivity index (χ4n) is 1.48. The smallest absolute Gasteiger partial charge is 0.221 e. The van der Waals surface area contributed by atoms with E-state index in [4.69, 9.17) is 5.73 Å². The Kier molecular flexibility index (Phi) is 4.75. The molecule has 0 heterocycles. The maximum absolute atomic E-state index is 11.5. The van der Waals surface area contributed by atoms with Gasteiger partial charge in [-0.3, -0.25) is 4.79 Å². The van der Waals surface area contributed by atoms with E-state index in [9.17, 15) is 4.79 Å². The minimum atomic E-state index is 0.147. The van der Waals surface area contributed by atoms with Gasteiger partial charge in [-0.05, 0) is 25.0 Å². The van der Waals surface area contributed by atoms with Gasteiger partial charge in [0.25, 0.3) is 0 Å². The van der Waals surface area contributed by atoms with E-state index >= 15 is 0 Å². The van der Waals surface area contributed by atoms with Crippen LogP contribution in [0.15, 0.2) is 0 Å². The molecule has 4 heteroatoms. The predicted octanol–water partition coefficient (Wildman–Crippen LogP) is 0.981. The van der Waals surface area contributed by atoms with E-state index in [1.165, 1.54) is 12.8 Å². The second-order valence-electron chi connectivity index (χ2n) is 4.00. The average molecular weight is 216 g/mol. The van der Waals surface area contributed by atoms with Gasteiger partial charge in [-0.15, -0.1) is 0 Å². The molecule has 3 N–H and O–H groups in total. The van der Waals surface area contributed by atoms with Crippen molar-refractivity contribution in [3.8, 4) is 0 Å². The molecular formula is C10H20N2OS. The third-order valence-corrected chi connectivity index (χ3v) is 3.64. The highest BCUT2D eigenvalue weighted by Gasteiger charge is 2.31. The van der Waals surface area contributed by atoms with Gasteiger partial charge in [-0.1, -0.05) is 6.92 Å². The van der Waals surface area contributed by atoms with Crippen LogP contribution in [-0.4, -0.2) is 30.0 Å². The molecule has 0 aromatic carbocycles. The Morgan fingerprint density at radius 2 is 2.29 bits per heavy atom. The van der Waals surface area contributed by atoms with Gasteiger partial charge in [0.1, 0.15) is 0 Å². The Morgan fingerprint density at radius 1 is 1.64 bits per heavy atom. The summed E-state index contributed by atoms with van der Waals surface area (Å²) in [5, 5.41) is 3.41. The van der Waals surface area contributed by atoms with Gasteiger partial charge in [0.05, 0.1) is 0 Å². The molecule has 14 heavy (non-hydrogen) atoms. The molecule has 2 unspecified atom stereocenters. The van der Waals surface area contributed by atoms with Crippen molar-refractivity contribution in [1.29, 1.82) is 0 Å². The molecule has 1 rings (SSSR count). The number of rotatable bonds is 6. The molecule has 1 aliphatic rings. The molecule has 0 aromatic heterocycles. The van der Waals surface area contributed by atoms with Crippen molar-refractivity contribution in [2.24, 2.45) is 11.7 Å². The van der Waals surface area contributed by atoms with Crippen LogP contribution in [0.4, 0.5) is 0 Å². The highest BCUT2D eigenvalue weighted by Crippen LogP contribution is 2.32. The zero-order valence-electron chi connectivity index (χ0n) is 8.95. The van der Waals surface area contributed by atoms with Crippen LogP contribution in [0.2, 0.25) is 0 Å². The van der Waals surface area contributed by atoms with Gasteiger partial charge in [-0.25, -0.2) is 0 Å². The van der Waals surface area contributed by atoms with Crippen molar-refractivity contribution in [2.75, 3.05) is 12.8 Å². The molecule has 0 aromatic rings. The summed E-state index contributed by atoms with van der Waals surface area (Å²) in [7, 11) is 0. The van der Waals surface area contributed by atoms with Gasteiger partial charge in [0.2, 0.25) is 5.91 Å². The van der Waals surface area contributed by atoms with Crippen molar-refractivity contribution in [3.05, 3.63) is 0 Å². The molecule has 1 aliphatic carbocycles. The lowest BCUT2D eigenvalue weighted by Crippen LogP contribution is -2.42. The lowest BCUT2D eigenvalue weighted by molar-refractivity contribution is -0.121. The summed E-state index contributed by atoms with van der Waals surface area (Å²) >= 11 is 1.72. The normalized spacial score (nSPS) is 20.2. The number of nitrogens with one attached hydrogen (secondary N) is 1. The molecule has 0 bridgehead atoms. The number of hydrogen-bond acceptors (Lipinski definition) is 3. The first-order chi connectivity index (χ1) is 6.67. The molecule has 1 amide bonds. The predicted molar refractivity (Wildman–Crippen MR) is 61.3 cm³/mol. The summed E-state index contributed by atoms with van der Waals surface area (Å²) in [4.78, 5) is 11.5. The first-order valence-electron chi connectivity index (χ1n) is 5.19. The molecule has 0 saturated heterocycles. The fourth-order valence-corrected chi connectivity index (χ4v) is 1.80. The van der Waals surface area contributed by atoms with Crippen LogP contribution in [0, 0.1) is 5.92 Å². The van der Waals surface area contributed by atoms with Gasteiger partial charge < -0.3 is 11.1 Å². The lowest BCUT2D eigenvalue weighted by Gasteiger charge is -2.17. The summed E-state index contributed by atoms with van der Waals surface area (Å²) in [6.45, 7) is 2.64.